The van der Waals surface area contributed by atoms with Gasteiger partial charge in [-0.05, 0) is 68.1 Å². The van der Waals surface area contributed by atoms with Gasteiger partial charge in [-0.15, -0.1) is 5.11 Å². The van der Waals surface area contributed by atoms with Crippen LogP contribution in [0, 0.1) is 10.1 Å². The smallest absolute Gasteiger partial charge is 0.296 e. The number of azo groups is 1. The van der Waals surface area contributed by atoms with E-state index in [0.29, 0.717) is 12.2 Å². The Hall–Kier alpha value is -3.13. The lowest BCUT2D eigenvalue weighted by Crippen LogP contribution is -2.18. The topological polar surface area (TPSA) is 109 Å². The molecule has 2 rings (SSSR count). The fraction of sp³-hybridized carbons (Fsp3) is 0.567. The van der Waals surface area contributed by atoms with Crippen molar-refractivity contribution >= 4 is 29.0 Å². The van der Waals surface area contributed by atoms with Gasteiger partial charge in [-0.1, -0.05) is 70.8 Å². The Morgan fingerprint density at radius 2 is 1.47 bits per heavy atom. The van der Waals surface area contributed by atoms with Gasteiger partial charge in [0.1, 0.15) is 6.29 Å². The summed E-state index contributed by atoms with van der Waals surface area (Å²) in [6.45, 7) is 4.30. The monoisotopic (exact) mass is 523 g/mol. The van der Waals surface area contributed by atoms with Gasteiger partial charge in [0.05, 0.1) is 17.2 Å². The summed E-state index contributed by atoms with van der Waals surface area (Å²) in [4.78, 5) is 21.5. The molecule has 0 aliphatic rings. The molecule has 208 valence electrons. The van der Waals surface area contributed by atoms with E-state index in [0.717, 1.165) is 62.7 Å². The summed E-state index contributed by atoms with van der Waals surface area (Å²) in [7, 11) is 0. The first-order valence-electron chi connectivity index (χ1n) is 14.3. The summed E-state index contributed by atoms with van der Waals surface area (Å²) < 4.78 is 0. The largest absolute Gasteiger partial charge is 0.385 e. The number of nitrogens with one attached hydrogen (secondary N) is 2. The molecular weight excluding hydrogens is 478 g/mol. The maximum absolute atomic E-state index is 11.6. The van der Waals surface area contributed by atoms with Crippen LogP contribution < -0.4 is 10.6 Å². The van der Waals surface area contributed by atoms with Crippen molar-refractivity contribution < 1.29 is 9.72 Å². The van der Waals surface area contributed by atoms with Crippen molar-refractivity contribution in [3.63, 3.8) is 0 Å². The number of nitro benzene ring substituents is 1. The fourth-order valence-electron chi connectivity index (χ4n) is 4.30. The number of hydrogen-bond donors (Lipinski definition) is 2. The SMILES string of the molecule is CCCCCCCCCCCCc1ccc(/N=N/c2ccc(NCCCCNCC=O)cc2)c([N+](=O)[O-])c1. The number of nitro groups is 1. The molecule has 0 heterocycles. The number of aldehydes is 1. The summed E-state index contributed by atoms with van der Waals surface area (Å²) in [6.07, 6.45) is 16.4. The van der Waals surface area contributed by atoms with Crippen molar-refractivity contribution in [2.75, 3.05) is 25.0 Å². The van der Waals surface area contributed by atoms with Gasteiger partial charge >= 0.3 is 0 Å². The van der Waals surface area contributed by atoms with Crippen molar-refractivity contribution in [2.45, 2.75) is 90.4 Å². The molecule has 0 atom stereocenters. The van der Waals surface area contributed by atoms with Gasteiger partial charge in [0.25, 0.3) is 5.69 Å². The van der Waals surface area contributed by atoms with Crippen molar-refractivity contribution in [3.8, 4) is 0 Å². The molecule has 0 bridgehead atoms. The zero-order chi connectivity index (χ0) is 27.3. The van der Waals surface area contributed by atoms with E-state index in [2.05, 4.69) is 27.8 Å². The number of carbonyl (C=O) groups is 1. The van der Waals surface area contributed by atoms with Crippen molar-refractivity contribution in [1.82, 2.24) is 5.32 Å². The first-order valence-corrected chi connectivity index (χ1v) is 14.3. The van der Waals surface area contributed by atoms with Gasteiger partial charge < -0.3 is 15.4 Å². The van der Waals surface area contributed by atoms with Crippen LogP contribution in [0.5, 0.6) is 0 Å². The maximum Gasteiger partial charge on any atom is 0.296 e. The molecule has 0 saturated heterocycles. The molecule has 0 aliphatic heterocycles. The highest BCUT2D eigenvalue weighted by atomic mass is 16.6. The van der Waals surface area contributed by atoms with E-state index < -0.39 is 0 Å². The van der Waals surface area contributed by atoms with Crippen molar-refractivity contribution in [3.05, 3.63) is 58.1 Å². The van der Waals surface area contributed by atoms with Crippen LogP contribution in [0.2, 0.25) is 0 Å². The van der Waals surface area contributed by atoms with Gasteiger partial charge in [0, 0.05) is 18.3 Å². The van der Waals surface area contributed by atoms with Crippen LogP contribution in [-0.4, -0.2) is 30.8 Å². The second-order valence-electron chi connectivity index (χ2n) is 9.76. The molecule has 2 aromatic carbocycles. The third kappa shape index (κ3) is 13.4. The quantitative estimate of drug-likeness (QED) is 0.0529. The number of rotatable bonds is 22. The van der Waals surface area contributed by atoms with Gasteiger partial charge in [-0.3, -0.25) is 10.1 Å². The molecule has 0 saturated carbocycles. The highest BCUT2D eigenvalue weighted by Gasteiger charge is 2.14. The van der Waals surface area contributed by atoms with Crippen LogP contribution in [0.15, 0.2) is 52.7 Å². The minimum absolute atomic E-state index is 0.000696. The Balaban J connectivity index is 1.75. The number of aryl methyl sites for hydroxylation is 1. The van der Waals surface area contributed by atoms with Crippen LogP contribution >= 0.6 is 0 Å². The number of carbonyl (C=O) groups excluding carboxylic acids is 1. The molecule has 8 nitrogen and oxygen atoms in total. The third-order valence-electron chi connectivity index (χ3n) is 6.53. The molecule has 0 amide bonds. The second kappa shape index (κ2) is 19.9. The predicted molar refractivity (Wildman–Crippen MR) is 156 cm³/mol. The lowest BCUT2D eigenvalue weighted by Gasteiger charge is -2.06. The van der Waals surface area contributed by atoms with Crippen LogP contribution in [0.3, 0.4) is 0 Å². The number of benzene rings is 2. The summed E-state index contributed by atoms with van der Waals surface area (Å²) in [5.74, 6) is 0. The molecule has 0 aliphatic carbocycles. The Kier molecular flexibility index (Phi) is 16.3. The fourth-order valence-corrected chi connectivity index (χ4v) is 4.30. The number of nitrogens with zero attached hydrogens (tertiary/aromatic N) is 3. The Labute approximate surface area is 227 Å². The molecule has 0 radical (unpaired) electrons. The molecule has 0 fully saturated rings. The van der Waals surface area contributed by atoms with Crippen LogP contribution in [0.4, 0.5) is 22.7 Å². The van der Waals surface area contributed by atoms with Crippen LogP contribution in [-0.2, 0) is 11.2 Å². The van der Waals surface area contributed by atoms with E-state index in [1.807, 2.05) is 30.3 Å². The van der Waals surface area contributed by atoms with E-state index in [9.17, 15) is 14.9 Å². The average molecular weight is 524 g/mol. The number of hydrogen-bond acceptors (Lipinski definition) is 7. The molecule has 8 heteroatoms. The zero-order valence-electron chi connectivity index (χ0n) is 23.0. The Bertz CT molecular complexity index is 963. The standard InChI is InChI=1S/C30H45N5O3/c1-2-3-4-5-6-7-8-9-10-11-14-26-15-20-29(30(25-26)35(37)38)34-33-28-18-16-27(17-19-28)32-22-13-12-21-31-23-24-36/h15-20,24-25,31-32H,2-14,21-23H2,1H3/b34-33+. The minimum atomic E-state index is -0.377. The van der Waals surface area contributed by atoms with Gasteiger partial charge in [0.2, 0.25) is 0 Å². The molecule has 2 N–H and O–H groups in total. The predicted octanol–water partition coefficient (Wildman–Crippen LogP) is 8.45. The van der Waals surface area contributed by atoms with E-state index in [-0.39, 0.29) is 16.3 Å². The lowest BCUT2D eigenvalue weighted by atomic mass is 10.0. The van der Waals surface area contributed by atoms with E-state index in [1.54, 1.807) is 12.1 Å². The van der Waals surface area contributed by atoms with Gasteiger partial charge in [-0.25, -0.2) is 0 Å². The van der Waals surface area contributed by atoms with Crippen molar-refractivity contribution in [1.29, 1.82) is 0 Å². The summed E-state index contributed by atoms with van der Waals surface area (Å²) in [5.41, 5.74) is 2.86. The van der Waals surface area contributed by atoms with E-state index in [1.165, 1.54) is 51.4 Å². The molecule has 0 unspecified atom stereocenters. The Morgan fingerprint density at radius 3 is 2.13 bits per heavy atom. The Morgan fingerprint density at radius 1 is 0.816 bits per heavy atom. The highest BCUT2D eigenvalue weighted by Crippen LogP contribution is 2.31. The zero-order valence-corrected chi connectivity index (χ0v) is 23.0. The maximum atomic E-state index is 11.6. The van der Waals surface area contributed by atoms with Gasteiger partial charge in [0.15, 0.2) is 5.69 Å². The van der Waals surface area contributed by atoms with E-state index in [4.69, 9.17) is 0 Å². The van der Waals surface area contributed by atoms with Crippen LogP contribution in [0.1, 0.15) is 89.5 Å². The van der Waals surface area contributed by atoms with E-state index >= 15 is 0 Å². The average Bonchev–Trinajstić information content (AvgIpc) is 2.93. The molecule has 0 spiro atoms. The van der Waals surface area contributed by atoms with Crippen molar-refractivity contribution in [2.24, 2.45) is 10.2 Å². The van der Waals surface area contributed by atoms with Gasteiger partial charge in [-0.2, -0.15) is 5.11 Å². The summed E-state index contributed by atoms with van der Waals surface area (Å²) in [6, 6.07) is 12.8. The minimum Gasteiger partial charge on any atom is -0.385 e. The number of anilines is 1. The second-order valence-corrected chi connectivity index (χ2v) is 9.76. The molecule has 0 aromatic heterocycles. The normalized spacial score (nSPS) is 11.2. The van der Waals surface area contributed by atoms with Crippen LogP contribution in [0.25, 0.3) is 0 Å². The first-order chi connectivity index (χ1) is 18.6. The summed E-state index contributed by atoms with van der Waals surface area (Å²) >= 11 is 0. The molecule has 38 heavy (non-hydrogen) atoms. The summed E-state index contributed by atoms with van der Waals surface area (Å²) in [5, 5.41) is 26.4. The first kappa shape index (κ1) is 31.1. The highest BCUT2D eigenvalue weighted by molar-refractivity contribution is 5.59. The lowest BCUT2D eigenvalue weighted by molar-refractivity contribution is -0.384. The molecular formula is C30H45N5O3. The molecule has 2 aromatic rings. The number of unbranched alkanes of at least 4 members (excludes halogenated alkanes) is 10. The third-order valence-corrected chi connectivity index (χ3v) is 6.53.